The number of ether oxygens (including phenoxy) is 1. The van der Waals surface area contributed by atoms with Gasteiger partial charge in [0.05, 0.1) is 6.10 Å². The van der Waals surface area contributed by atoms with Crippen molar-refractivity contribution in [2.45, 2.75) is 38.2 Å². The fraction of sp³-hybridized carbons (Fsp3) is 0.692. The fourth-order valence-electron chi connectivity index (χ4n) is 2.33. The Morgan fingerprint density at radius 1 is 1.39 bits per heavy atom. The van der Waals surface area contributed by atoms with Crippen molar-refractivity contribution < 1.29 is 4.74 Å². The highest BCUT2D eigenvalue weighted by Gasteiger charge is 2.28. The molecule has 3 rings (SSSR count). The average Bonchev–Trinajstić information content (AvgIpc) is 3.11. The van der Waals surface area contributed by atoms with Gasteiger partial charge in [0.1, 0.15) is 16.8 Å². The molecule has 18 heavy (non-hydrogen) atoms. The lowest BCUT2D eigenvalue weighted by molar-refractivity contribution is 0.108. The maximum atomic E-state index is 6.03. The Morgan fingerprint density at radius 3 is 2.89 bits per heavy atom. The Kier molecular flexibility index (Phi) is 3.39. The van der Waals surface area contributed by atoms with Crippen molar-refractivity contribution in [3.05, 3.63) is 17.0 Å². The van der Waals surface area contributed by atoms with Crippen LogP contribution in [-0.2, 0) is 4.74 Å². The molecule has 1 aromatic heterocycles. The van der Waals surface area contributed by atoms with Gasteiger partial charge in [-0.25, -0.2) is 9.97 Å². The number of nitrogens with zero attached hydrogens (tertiary/aromatic N) is 2. The molecule has 0 aromatic carbocycles. The van der Waals surface area contributed by atoms with Crippen LogP contribution in [0.5, 0.6) is 0 Å². The van der Waals surface area contributed by atoms with E-state index in [0.717, 1.165) is 31.2 Å². The Balaban J connectivity index is 1.64. The molecule has 1 aliphatic heterocycles. The van der Waals surface area contributed by atoms with Gasteiger partial charge in [0, 0.05) is 31.1 Å². The smallest absolute Gasteiger partial charge is 0.135 e. The van der Waals surface area contributed by atoms with Gasteiger partial charge in [-0.05, 0) is 26.2 Å². The van der Waals surface area contributed by atoms with Crippen LogP contribution in [0.15, 0.2) is 6.07 Å². The van der Waals surface area contributed by atoms with Crippen molar-refractivity contribution in [2.24, 2.45) is 5.92 Å². The van der Waals surface area contributed by atoms with Crippen LogP contribution in [0.3, 0.4) is 0 Å². The molecule has 0 radical (unpaired) electrons. The lowest BCUT2D eigenvalue weighted by Crippen LogP contribution is -2.21. The van der Waals surface area contributed by atoms with E-state index in [9.17, 15) is 0 Å². The zero-order valence-electron chi connectivity index (χ0n) is 10.5. The van der Waals surface area contributed by atoms with E-state index < -0.39 is 0 Å². The number of nitrogens with one attached hydrogen (secondary N) is 1. The Morgan fingerprint density at radius 2 is 2.22 bits per heavy atom. The summed E-state index contributed by atoms with van der Waals surface area (Å²) < 4.78 is 5.55. The van der Waals surface area contributed by atoms with Gasteiger partial charge in [-0.3, -0.25) is 0 Å². The molecule has 2 heterocycles. The van der Waals surface area contributed by atoms with Crippen LogP contribution >= 0.6 is 11.6 Å². The third-order valence-electron chi connectivity index (χ3n) is 3.73. The molecule has 4 nitrogen and oxygen atoms in total. The van der Waals surface area contributed by atoms with Gasteiger partial charge in [0.15, 0.2) is 0 Å². The first kappa shape index (κ1) is 12.2. The molecule has 1 aliphatic carbocycles. The van der Waals surface area contributed by atoms with Crippen molar-refractivity contribution >= 4 is 17.4 Å². The molecule has 98 valence electrons. The average molecular weight is 268 g/mol. The second-order valence-corrected chi connectivity index (χ2v) is 5.60. The van der Waals surface area contributed by atoms with Crippen LogP contribution < -0.4 is 5.32 Å². The fourth-order valence-corrected chi connectivity index (χ4v) is 2.52. The summed E-state index contributed by atoms with van der Waals surface area (Å²) in [6, 6.07) is 1.80. The van der Waals surface area contributed by atoms with Crippen molar-refractivity contribution in [3.63, 3.8) is 0 Å². The molecule has 2 unspecified atom stereocenters. The van der Waals surface area contributed by atoms with Crippen LogP contribution in [0.2, 0.25) is 5.15 Å². The van der Waals surface area contributed by atoms with Gasteiger partial charge in [-0.1, -0.05) is 11.6 Å². The number of rotatable bonds is 4. The van der Waals surface area contributed by atoms with Crippen molar-refractivity contribution in [1.82, 2.24) is 9.97 Å². The summed E-state index contributed by atoms with van der Waals surface area (Å²) in [5.41, 5.74) is 0. The minimum Gasteiger partial charge on any atom is -0.378 e. The molecule has 1 saturated carbocycles. The van der Waals surface area contributed by atoms with Crippen molar-refractivity contribution in [1.29, 1.82) is 0 Å². The maximum Gasteiger partial charge on any atom is 0.135 e. The summed E-state index contributed by atoms with van der Waals surface area (Å²) in [6.45, 7) is 3.88. The summed E-state index contributed by atoms with van der Waals surface area (Å²) in [5, 5.41) is 3.90. The monoisotopic (exact) mass is 267 g/mol. The lowest BCUT2D eigenvalue weighted by Gasteiger charge is -2.15. The number of hydrogen-bond donors (Lipinski definition) is 1. The van der Waals surface area contributed by atoms with E-state index in [-0.39, 0.29) is 0 Å². The molecule has 2 atom stereocenters. The van der Waals surface area contributed by atoms with Gasteiger partial charge in [0.25, 0.3) is 0 Å². The second-order valence-electron chi connectivity index (χ2n) is 5.21. The summed E-state index contributed by atoms with van der Waals surface area (Å²) in [5.74, 6) is 2.82. The normalized spacial score (nSPS) is 27.4. The van der Waals surface area contributed by atoms with Gasteiger partial charge in [0.2, 0.25) is 0 Å². The van der Waals surface area contributed by atoms with Gasteiger partial charge in [-0.15, -0.1) is 0 Å². The van der Waals surface area contributed by atoms with Crippen LogP contribution in [-0.4, -0.2) is 29.2 Å². The molecule has 0 spiro atoms. The number of halogens is 1. The Hall–Kier alpha value is -0.870. The largest absolute Gasteiger partial charge is 0.378 e. The first-order chi connectivity index (χ1) is 8.72. The molecule has 2 fully saturated rings. The van der Waals surface area contributed by atoms with E-state index in [1.54, 1.807) is 6.07 Å². The molecule has 0 bridgehead atoms. The highest BCUT2D eigenvalue weighted by molar-refractivity contribution is 6.29. The van der Waals surface area contributed by atoms with Gasteiger partial charge in [-0.2, -0.15) is 0 Å². The number of aromatic nitrogens is 2. The molecule has 1 N–H and O–H groups in total. The third-order valence-corrected chi connectivity index (χ3v) is 3.93. The van der Waals surface area contributed by atoms with E-state index in [0.29, 0.717) is 23.1 Å². The Labute approximate surface area is 112 Å². The number of anilines is 1. The minimum atomic E-state index is 0.331. The highest BCUT2D eigenvalue weighted by atomic mass is 35.5. The topological polar surface area (TPSA) is 47.0 Å². The predicted octanol–water partition coefficient (Wildman–Crippen LogP) is 2.84. The molecular weight excluding hydrogens is 250 g/mol. The van der Waals surface area contributed by atoms with Crippen molar-refractivity contribution in [2.75, 3.05) is 18.5 Å². The molecule has 1 aromatic rings. The predicted molar refractivity (Wildman–Crippen MR) is 71.0 cm³/mol. The van der Waals surface area contributed by atoms with E-state index in [1.807, 2.05) is 0 Å². The van der Waals surface area contributed by atoms with Crippen LogP contribution in [0.4, 0.5) is 5.82 Å². The van der Waals surface area contributed by atoms with E-state index in [2.05, 4.69) is 22.2 Å². The van der Waals surface area contributed by atoms with Crippen LogP contribution in [0, 0.1) is 5.92 Å². The lowest BCUT2D eigenvalue weighted by atomic mass is 10.0. The highest BCUT2D eigenvalue weighted by Crippen LogP contribution is 2.38. The Bertz CT molecular complexity index is 436. The van der Waals surface area contributed by atoms with Crippen LogP contribution in [0.1, 0.15) is 37.9 Å². The molecule has 2 aliphatic rings. The van der Waals surface area contributed by atoms with Crippen molar-refractivity contribution in [3.8, 4) is 0 Å². The zero-order chi connectivity index (χ0) is 12.5. The third kappa shape index (κ3) is 2.75. The second kappa shape index (κ2) is 5.02. The first-order valence-corrected chi connectivity index (χ1v) is 7.00. The first-order valence-electron chi connectivity index (χ1n) is 6.62. The van der Waals surface area contributed by atoms with E-state index in [4.69, 9.17) is 16.3 Å². The minimum absolute atomic E-state index is 0.331. The van der Waals surface area contributed by atoms with Gasteiger partial charge < -0.3 is 10.1 Å². The summed E-state index contributed by atoms with van der Waals surface area (Å²) >= 11 is 6.03. The molecule has 1 saturated heterocycles. The quantitative estimate of drug-likeness (QED) is 0.852. The molecule has 5 heteroatoms. The summed E-state index contributed by atoms with van der Waals surface area (Å²) in [6.07, 6.45) is 3.82. The zero-order valence-corrected chi connectivity index (χ0v) is 11.3. The SMILES string of the molecule is CC1OCCC1CNc1cc(Cl)nc(C2CC2)n1. The van der Waals surface area contributed by atoms with E-state index in [1.165, 1.54) is 12.8 Å². The van der Waals surface area contributed by atoms with Gasteiger partial charge >= 0.3 is 0 Å². The molecular formula is C13H18ClN3O. The van der Waals surface area contributed by atoms with E-state index >= 15 is 0 Å². The van der Waals surface area contributed by atoms with Crippen LogP contribution in [0.25, 0.3) is 0 Å². The standard InChI is InChI=1S/C13H18ClN3O/c1-8-10(4-5-18-8)7-15-12-6-11(14)16-13(17-12)9-2-3-9/h6,8-10H,2-5,7H2,1H3,(H,15,16,17). The number of hydrogen-bond acceptors (Lipinski definition) is 4. The summed E-state index contributed by atoms with van der Waals surface area (Å²) in [7, 11) is 0. The summed E-state index contributed by atoms with van der Waals surface area (Å²) in [4.78, 5) is 8.81. The molecule has 0 amide bonds. The maximum absolute atomic E-state index is 6.03.